The van der Waals surface area contributed by atoms with Gasteiger partial charge in [0.25, 0.3) is 0 Å². The van der Waals surface area contributed by atoms with Gasteiger partial charge in [0, 0.05) is 24.8 Å². The Morgan fingerprint density at radius 1 is 0.333 bits per heavy atom. The van der Waals surface area contributed by atoms with Crippen LogP contribution in [0, 0.1) is 0 Å². The monoisotopic (exact) mass is 384 g/mol. The first-order valence-electron chi connectivity index (χ1n) is 10.00. The first-order valence-corrected chi connectivity index (χ1v) is 10.00. The van der Waals surface area contributed by atoms with E-state index in [1.807, 2.05) is 24.8 Å². The van der Waals surface area contributed by atoms with E-state index in [-0.39, 0.29) is 0 Å². The van der Waals surface area contributed by atoms with Crippen LogP contribution in [0.15, 0.2) is 122 Å². The summed E-state index contributed by atoms with van der Waals surface area (Å²) in [5, 5.41) is 0. The SMILES string of the molecule is c1cc(-c2ccccc2-c2ccncc2)cc(-c2ccccc2-c2ccncc2)c1. The minimum absolute atomic E-state index is 1.17. The van der Waals surface area contributed by atoms with E-state index in [4.69, 9.17) is 0 Å². The van der Waals surface area contributed by atoms with E-state index in [9.17, 15) is 0 Å². The summed E-state index contributed by atoms with van der Waals surface area (Å²) in [7, 11) is 0. The summed E-state index contributed by atoms with van der Waals surface area (Å²) in [5.41, 5.74) is 9.58. The molecule has 0 fully saturated rings. The number of hydrogen-bond donors (Lipinski definition) is 0. The third kappa shape index (κ3) is 3.51. The van der Waals surface area contributed by atoms with E-state index >= 15 is 0 Å². The molecule has 3 aromatic carbocycles. The highest BCUT2D eigenvalue weighted by atomic mass is 14.6. The Kier molecular flexibility index (Phi) is 4.89. The van der Waals surface area contributed by atoms with E-state index in [1.54, 1.807) is 0 Å². The van der Waals surface area contributed by atoms with Crippen molar-refractivity contribution >= 4 is 0 Å². The summed E-state index contributed by atoms with van der Waals surface area (Å²) < 4.78 is 0. The Morgan fingerprint density at radius 3 is 1.10 bits per heavy atom. The summed E-state index contributed by atoms with van der Waals surface area (Å²) in [6.07, 6.45) is 7.36. The van der Waals surface area contributed by atoms with Gasteiger partial charge in [-0.25, -0.2) is 0 Å². The molecule has 0 spiro atoms. The maximum absolute atomic E-state index is 4.16. The van der Waals surface area contributed by atoms with Gasteiger partial charge in [0.2, 0.25) is 0 Å². The van der Waals surface area contributed by atoms with Gasteiger partial charge in [-0.2, -0.15) is 0 Å². The lowest BCUT2D eigenvalue weighted by Crippen LogP contribution is -1.88. The van der Waals surface area contributed by atoms with Crippen LogP contribution in [-0.4, -0.2) is 9.97 Å². The van der Waals surface area contributed by atoms with Gasteiger partial charge in [0.05, 0.1) is 0 Å². The molecule has 2 aromatic heterocycles. The van der Waals surface area contributed by atoms with Crippen molar-refractivity contribution in [3.63, 3.8) is 0 Å². The quantitative estimate of drug-likeness (QED) is 0.329. The fourth-order valence-electron chi connectivity index (χ4n) is 3.89. The zero-order chi connectivity index (χ0) is 20.2. The molecule has 5 aromatic rings. The van der Waals surface area contributed by atoms with E-state index in [0.29, 0.717) is 0 Å². The smallest absolute Gasteiger partial charge is 0.0273 e. The topological polar surface area (TPSA) is 25.8 Å². The zero-order valence-corrected chi connectivity index (χ0v) is 16.4. The Bertz CT molecular complexity index is 1180. The van der Waals surface area contributed by atoms with Crippen LogP contribution in [0.1, 0.15) is 0 Å². The van der Waals surface area contributed by atoms with E-state index in [0.717, 1.165) is 0 Å². The van der Waals surface area contributed by atoms with E-state index in [1.165, 1.54) is 44.5 Å². The molecule has 0 bridgehead atoms. The average molecular weight is 384 g/mol. The molecule has 5 rings (SSSR count). The molecular weight excluding hydrogens is 364 g/mol. The summed E-state index contributed by atoms with van der Waals surface area (Å²) in [5.74, 6) is 0. The predicted molar refractivity (Wildman–Crippen MR) is 124 cm³/mol. The van der Waals surface area contributed by atoms with Crippen molar-refractivity contribution in [3.8, 4) is 44.5 Å². The number of benzene rings is 3. The minimum Gasteiger partial charge on any atom is -0.265 e. The Labute approximate surface area is 176 Å². The third-order valence-corrected chi connectivity index (χ3v) is 5.32. The van der Waals surface area contributed by atoms with E-state index < -0.39 is 0 Å². The Morgan fingerprint density at radius 2 is 0.700 bits per heavy atom. The van der Waals surface area contributed by atoms with Crippen LogP contribution in [0.25, 0.3) is 44.5 Å². The maximum atomic E-state index is 4.16. The van der Waals surface area contributed by atoms with Crippen molar-refractivity contribution in [1.29, 1.82) is 0 Å². The highest BCUT2D eigenvalue weighted by molar-refractivity contribution is 5.88. The lowest BCUT2D eigenvalue weighted by molar-refractivity contribution is 1.33. The van der Waals surface area contributed by atoms with Gasteiger partial charge in [-0.1, -0.05) is 66.7 Å². The summed E-state index contributed by atoms with van der Waals surface area (Å²) >= 11 is 0. The number of aromatic nitrogens is 2. The molecule has 142 valence electrons. The van der Waals surface area contributed by atoms with Crippen molar-refractivity contribution in [3.05, 3.63) is 122 Å². The maximum Gasteiger partial charge on any atom is 0.0273 e. The molecule has 0 saturated carbocycles. The summed E-state index contributed by atoms with van der Waals surface area (Å²) in [6.45, 7) is 0. The number of hydrogen-bond acceptors (Lipinski definition) is 2. The van der Waals surface area contributed by atoms with Gasteiger partial charge in [0.1, 0.15) is 0 Å². The highest BCUT2D eigenvalue weighted by Crippen LogP contribution is 2.36. The van der Waals surface area contributed by atoms with E-state index in [2.05, 4.69) is 107 Å². The molecule has 0 N–H and O–H groups in total. The van der Waals surface area contributed by atoms with Crippen LogP contribution in [0.5, 0.6) is 0 Å². The van der Waals surface area contributed by atoms with Crippen LogP contribution in [-0.2, 0) is 0 Å². The van der Waals surface area contributed by atoms with Crippen LogP contribution in [0.3, 0.4) is 0 Å². The molecule has 0 saturated heterocycles. The number of nitrogens with zero attached hydrogens (tertiary/aromatic N) is 2. The largest absolute Gasteiger partial charge is 0.265 e. The average Bonchev–Trinajstić information content (AvgIpc) is 2.85. The Hall–Kier alpha value is -4.04. The van der Waals surface area contributed by atoms with Gasteiger partial charge < -0.3 is 0 Å². The lowest BCUT2D eigenvalue weighted by Gasteiger charge is -2.13. The van der Waals surface area contributed by atoms with Gasteiger partial charge >= 0.3 is 0 Å². The first-order chi connectivity index (χ1) is 14.9. The van der Waals surface area contributed by atoms with Gasteiger partial charge in [0.15, 0.2) is 0 Å². The van der Waals surface area contributed by atoms with Gasteiger partial charge in [-0.15, -0.1) is 0 Å². The lowest BCUT2D eigenvalue weighted by atomic mass is 9.91. The molecular formula is C28H20N2. The highest BCUT2D eigenvalue weighted by Gasteiger charge is 2.10. The minimum atomic E-state index is 1.17. The molecule has 0 aliphatic heterocycles. The van der Waals surface area contributed by atoms with Gasteiger partial charge in [-0.3, -0.25) is 9.97 Å². The molecule has 0 radical (unpaired) electrons. The van der Waals surface area contributed by atoms with Crippen molar-refractivity contribution in [2.75, 3.05) is 0 Å². The standard InChI is InChI=1S/C28H20N2/c1-3-10-27(25(8-1)21-12-16-29-17-13-21)23-6-5-7-24(20-23)28-11-4-2-9-26(28)22-14-18-30-19-15-22/h1-20H. The number of rotatable bonds is 4. The normalized spacial score (nSPS) is 10.7. The second kappa shape index (κ2) is 8.14. The predicted octanol–water partition coefficient (Wildman–Crippen LogP) is 7.14. The Balaban J connectivity index is 1.64. The van der Waals surface area contributed by atoms with Crippen LogP contribution >= 0.6 is 0 Å². The van der Waals surface area contributed by atoms with Crippen molar-refractivity contribution in [2.24, 2.45) is 0 Å². The second-order valence-electron chi connectivity index (χ2n) is 7.14. The molecule has 0 atom stereocenters. The number of pyridine rings is 2. The molecule has 2 heteroatoms. The van der Waals surface area contributed by atoms with Crippen LogP contribution in [0.4, 0.5) is 0 Å². The fraction of sp³-hybridized carbons (Fsp3) is 0. The van der Waals surface area contributed by atoms with Crippen molar-refractivity contribution < 1.29 is 0 Å². The van der Waals surface area contributed by atoms with Gasteiger partial charge in [-0.05, 0) is 74.8 Å². The summed E-state index contributed by atoms with van der Waals surface area (Å²) in [4.78, 5) is 8.32. The van der Waals surface area contributed by atoms with Crippen molar-refractivity contribution in [1.82, 2.24) is 9.97 Å². The molecule has 2 heterocycles. The zero-order valence-electron chi connectivity index (χ0n) is 16.4. The molecule has 30 heavy (non-hydrogen) atoms. The van der Waals surface area contributed by atoms with Crippen LogP contribution < -0.4 is 0 Å². The fourth-order valence-corrected chi connectivity index (χ4v) is 3.89. The van der Waals surface area contributed by atoms with Crippen molar-refractivity contribution in [2.45, 2.75) is 0 Å². The first kappa shape index (κ1) is 18.0. The summed E-state index contributed by atoms with van der Waals surface area (Å²) in [6, 6.07) is 34.1. The molecule has 0 amide bonds. The molecule has 0 aliphatic rings. The second-order valence-corrected chi connectivity index (χ2v) is 7.14. The molecule has 0 aliphatic carbocycles. The third-order valence-electron chi connectivity index (χ3n) is 5.32. The molecule has 2 nitrogen and oxygen atoms in total. The molecule has 0 unspecified atom stereocenters. The van der Waals surface area contributed by atoms with Crippen LogP contribution in [0.2, 0.25) is 0 Å².